The summed E-state index contributed by atoms with van der Waals surface area (Å²) in [6, 6.07) is 0. The van der Waals surface area contributed by atoms with Crippen LogP contribution < -0.4 is 0 Å². The van der Waals surface area contributed by atoms with Gasteiger partial charge in [0.05, 0.1) is 0 Å². The Balaban J connectivity index is 4.48. The normalized spacial score (nSPS) is 13.2. The maximum atomic E-state index is 12.9. The first-order valence-corrected chi connectivity index (χ1v) is 33.5. The third kappa shape index (κ3) is 65.8. The molecule has 1 atom stereocenters. The molecule has 6 nitrogen and oxygen atoms in total. The first-order valence-electron chi connectivity index (χ1n) is 33.5. The zero-order valence-electron chi connectivity index (χ0n) is 52.9. The summed E-state index contributed by atoms with van der Waals surface area (Å²) in [5.41, 5.74) is 0. The van der Waals surface area contributed by atoms with E-state index in [1.165, 1.54) is 89.9 Å². The monoisotopic (exact) mass is 1130 g/mol. The van der Waals surface area contributed by atoms with Gasteiger partial charge < -0.3 is 14.2 Å². The van der Waals surface area contributed by atoms with Gasteiger partial charge in [-0.15, -0.1) is 0 Å². The van der Waals surface area contributed by atoms with E-state index in [0.717, 1.165) is 148 Å². The van der Waals surface area contributed by atoms with Gasteiger partial charge in [-0.05, 0) is 148 Å². The van der Waals surface area contributed by atoms with Gasteiger partial charge in [-0.2, -0.15) is 0 Å². The highest BCUT2D eigenvalue weighted by atomic mass is 16.6. The zero-order chi connectivity index (χ0) is 59.2. The maximum Gasteiger partial charge on any atom is 0.306 e. The van der Waals surface area contributed by atoms with Crippen LogP contribution in [0.15, 0.2) is 158 Å². The third-order valence-corrected chi connectivity index (χ3v) is 13.7. The predicted octanol–water partition coefficient (Wildman–Crippen LogP) is 23.3. The minimum absolute atomic E-state index is 0.108. The molecule has 0 N–H and O–H groups in total. The van der Waals surface area contributed by atoms with E-state index in [1.54, 1.807) is 0 Å². The van der Waals surface area contributed by atoms with Crippen LogP contribution in [0.3, 0.4) is 0 Å². The van der Waals surface area contributed by atoms with Crippen LogP contribution in [0.25, 0.3) is 0 Å². The van der Waals surface area contributed by atoms with E-state index in [0.29, 0.717) is 25.7 Å². The molecule has 1 unspecified atom stereocenters. The summed E-state index contributed by atoms with van der Waals surface area (Å²) >= 11 is 0. The smallest absolute Gasteiger partial charge is 0.306 e. The molecule has 0 aliphatic rings. The van der Waals surface area contributed by atoms with E-state index in [-0.39, 0.29) is 31.1 Å². The number of rotatable bonds is 59. The maximum absolute atomic E-state index is 12.9. The molecule has 0 spiro atoms. The molecule has 0 aliphatic heterocycles. The van der Waals surface area contributed by atoms with Crippen molar-refractivity contribution < 1.29 is 28.6 Å². The van der Waals surface area contributed by atoms with Crippen molar-refractivity contribution in [1.82, 2.24) is 0 Å². The number of hydrogen-bond acceptors (Lipinski definition) is 6. The topological polar surface area (TPSA) is 78.9 Å². The van der Waals surface area contributed by atoms with Crippen molar-refractivity contribution in [3.63, 3.8) is 0 Å². The lowest BCUT2D eigenvalue weighted by molar-refractivity contribution is -0.167. The van der Waals surface area contributed by atoms with E-state index in [9.17, 15) is 14.4 Å². The highest BCUT2D eigenvalue weighted by Crippen LogP contribution is 2.14. The van der Waals surface area contributed by atoms with Crippen LogP contribution in [0.4, 0.5) is 0 Å². The molecule has 0 saturated carbocycles. The number of esters is 3. The van der Waals surface area contributed by atoms with Crippen LogP contribution in [0.5, 0.6) is 0 Å². The molecule has 0 aromatic rings. The highest BCUT2D eigenvalue weighted by Gasteiger charge is 2.19. The number of carbonyl (C=O) groups excluding carboxylic acids is 3. The molecule has 0 saturated heterocycles. The van der Waals surface area contributed by atoms with E-state index >= 15 is 0 Å². The third-order valence-electron chi connectivity index (χ3n) is 13.7. The van der Waals surface area contributed by atoms with Crippen LogP contribution >= 0.6 is 0 Å². The number of unbranched alkanes of at least 4 members (excludes halogenated alkanes) is 22. The number of carbonyl (C=O) groups is 3. The van der Waals surface area contributed by atoms with Crippen molar-refractivity contribution in [2.75, 3.05) is 13.2 Å². The van der Waals surface area contributed by atoms with Gasteiger partial charge in [0.2, 0.25) is 0 Å². The van der Waals surface area contributed by atoms with Gasteiger partial charge in [0.15, 0.2) is 6.10 Å². The molecule has 0 aromatic heterocycles. The Hall–Kier alpha value is -4.97. The quantitative estimate of drug-likeness (QED) is 0.0261. The van der Waals surface area contributed by atoms with Crippen molar-refractivity contribution >= 4 is 17.9 Å². The first kappa shape index (κ1) is 77.0. The van der Waals surface area contributed by atoms with Gasteiger partial charge >= 0.3 is 17.9 Å². The number of hydrogen-bond donors (Lipinski definition) is 0. The SMILES string of the molecule is CC/C=C\C/C=C\C/C=C\C/C=C\C/C=C\C/C=C\C/C=C\C/C=C\CCCCC(=O)OCC(COC(=O)CCCCCCC/C=C\C/C=C\CCCC)OC(=O)CCCCCCCCCC/C=C\C/C=C\C/C=C\CCCCCCC. The van der Waals surface area contributed by atoms with Gasteiger partial charge in [-0.25, -0.2) is 0 Å². The Labute approximate surface area is 505 Å². The number of ether oxygens (including phenoxy) is 3. The molecule has 0 amide bonds. The first-order chi connectivity index (χ1) is 40.5. The predicted molar refractivity (Wildman–Crippen MR) is 357 cm³/mol. The van der Waals surface area contributed by atoms with Crippen molar-refractivity contribution in [3.8, 4) is 0 Å². The molecule has 0 heterocycles. The molecule has 0 fully saturated rings. The summed E-state index contributed by atoms with van der Waals surface area (Å²) in [5, 5.41) is 0. The van der Waals surface area contributed by atoms with Gasteiger partial charge in [0, 0.05) is 19.3 Å². The second-order valence-corrected chi connectivity index (χ2v) is 21.6. The Bertz CT molecular complexity index is 1830. The molecule has 6 heteroatoms. The van der Waals surface area contributed by atoms with Crippen molar-refractivity contribution in [2.45, 2.75) is 290 Å². The van der Waals surface area contributed by atoms with Crippen molar-refractivity contribution in [2.24, 2.45) is 0 Å². The van der Waals surface area contributed by atoms with E-state index in [4.69, 9.17) is 14.2 Å². The average molecular weight is 1130 g/mol. The minimum atomic E-state index is -0.816. The lowest BCUT2D eigenvalue weighted by atomic mass is 10.1. The Kier molecular flexibility index (Phi) is 64.4. The molecule has 82 heavy (non-hydrogen) atoms. The molecule has 0 aliphatic carbocycles. The van der Waals surface area contributed by atoms with Crippen LogP contribution in [-0.2, 0) is 28.6 Å². The summed E-state index contributed by atoms with van der Waals surface area (Å²) in [4.78, 5) is 38.4. The Morgan fingerprint density at radius 1 is 0.256 bits per heavy atom. The fourth-order valence-corrected chi connectivity index (χ4v) is 8.72. The lowest BCUT2D eigenvalue weighted by Gasteiger charge is -2.18. The Morgan fingerprint density at radius 3 is 0.805 bits per heavy atom. The fourth-order valence-electron chi connectivity index (χ4n) is 8.72. The molecule has 462 valence electrons. The van der Waals surface area contributed by atoms with Gasteiger partial charge in [0.25, 0.3) is 0 Å². The van der Waals surface area contributed by atoms with Crippen LogP contribution in [-0.4, -0.2) is 37.2 Å². The molecule has 0 rings (SSSR count). The molecule has 0 bridgehead atoms. The summed E-state index contributed by atoms with van der Waals surface area (Å²) in [6.45, 7) is 6.42. The average Bonchev–Trinajstić information content (AvgIpc) is 3.48. The largest absolute Gasteiger partial charge is 0.462 e. The summed E-state index contributed by atoms with van der Waals surface area (Å²) in [5.74, 6) is -0.975. The van der Waals surface area contributed by atoms with Crippen molar-refractivity contribution in [1.29, 1.82) is 0 Å². The summed E-state index contributed by atoms with van der Waals surface area (Å²) in [7, 11) is 0. The second-order valence-electron chi connectivity index (χ2n) is 21.6. The molecular formula is C76H122O6. The highest BCUT2D eigenvalue weighted by molar-refractivity contribution is 5.71. The van der Waals surface area contributed by atoms with Crippen LogP contribution in [0.1, 0.15) is 284 Å². The summed E-state index contributed by atoms with van der Waals surface area (Å²) < 4.78 is 16.9. The zero-order valence-corrected chi connectivity index (χ0v) is 52.9. The van der Waals surface area contributed by atoms with Crippen molar-refractivity contribution in [3.05, 3.63) is 158 Å². The van der Waals surface area contributed by atoms with E-state index in [2.05, 4.69) is 179 Å². The standard InChI is InChI=1S/C76H122O6/c1-4-7-10-13-16-19-22-25-28-30-32-34-36-37-38-39-41-42-44-46-48-51-54-57-60-63-66-69-75(78)81-72-73(71-80-74(77)68-65-62-59-56-53-50-27-24-21-18-15-12-9-6-3)82-76(79)70-67-64-61-58-55-52-49-47-45-43-40-35-33-31-29-26-23-20-17-14-11-8-5-2/h7,10,15-16,18-19,23-28,31-34,37-38,40-43,46,48,54,57,73H,4-6,8-9,11-14,17,20-22,29-30,35-36,39,44-45,47,49-53,55-56,58-72H2,1-3H3/b10-7-,18-15-,19-16-,26-23-,27-24-,28-25-,33-31-,34-32-,38-37-,42-41-,43-40-,48-46-,57-54-. The van der Waals surface area contributed by atoms with Crippen LogP contribution in [0, 0.1) is 0 Å². The molecule has 0 aromatic carbocycles. The van der Waals surface area contributed by atoms with Crippen LogP contribution in [0.2, 0.25) is 0 Å². The summed E-state index contributed by atoms with van der Waals surface area (Å²) in [6.07, 6.45) is 99.6. The molecule has 0 radical (unpaired) electrons. The van der Waals surface area contributed by atoms with Gasteiger partial charge in [0.1, 0.15) is 13.2 Å². The second kappa shape index (κ2) is 68.5. The van der Waals surface area contributed by atoms with Gasteiger partial charge in [-0.3, -0.25) is 14.4 Å². The van der Waals surface area contributed by atoms with E-state index < -0.39 is 6.10 Å². The number of allylic oxidation sites excluding steroid dienone is 26. The molecular weight excluding hydrogens is 1010 g/mol. The van der Waals surface area contributed by atoms with Gasteiger partial charge in [-0.1, -0.05) is 275 Å². The van der Waals surface area contributed by atoms with E-state index in [1.807, 2.05) is 0 Å². The lowest BCUT2D eigenvalue weighted by Crippen LogP contribution is -2.30. The minimum Gasteiger partial charge on any atom is -0.462 e. The fraction of sp³-hybridized carbons (Fsp3) is 0.618. The Morgan fingerprint density at radius 2 is 0.488 bits per heavy atom.